The largest absolute Gasteiger partial charge is 0.507 e. The fraction of sp³-hybridized carbons (Fsp3) is 0.258. The number of phenolic OH excluding ortho intramolecular Hbond substituents is 1. The number of benzene rings is 1. The molecular weight excluding hydrogens is 578 g/mol. The van der Waals surface area contributed by atoms with Crippen LogP contribution in [0.4, 0.5) is 14.5 Å². The number of aryl methyl sites for hydroxylation is 1. The number of hydrogen-bond acceptors (Lipinski definition) is 7. The molecule has 0 saturated carbocycles. The van der Waals surface area contributed by atoms with Crippen molar-refractivity contribution in [1.29, 1.82) is 5.26 Å². The van der Waals surface area contributed by atoms with Crippen molar-refractivity contribution >= 4 is 34.2 Å². The van der Waals surface area contributed by atoms with Crippen molar-refractivity contribution in [2.24, 2.45) is 0 Å². The minimum absolute atomic E-state index is 0.0724. The van der Waals surface area contributed by atoms with E-state index in [-0.39, 0.29) is 65.3 Å². The molecule has 4 heterocycles. The molecule has 0 unspecified atom stereocenters. The monoisotopic (exact) mass is 604 g/mol. The van der Waals surface area contributed by atoms with Gasteiger partial charge in [0, 0.05) is 37.8 Å². The molecule has 4 aromatic rings. The minimum Gasteiger partial charge on any atom is -0.507 e. The molecule has 220 valence electrons. The smallest absolute Gasteiger partial charge is 0.276 e. The summed E-state index contributed by atoms with van der Waals surface area (Å²) in [7, 11) is 0. The Hall–Kier alpha value is -4.82. The van der Waals surface area contributed by atoms with Crippen LogP contribution in [-0.2, 0) is 4.79 Å². The molecule has 1 aliphatic rings. The van der Waals surface area contributed by atoms with E-state index in [2.05, 4.69) is 16.5 Å². The van der Waals surface area contributed by atoms with Gasteiger partial charge in [0.1, 0.15) is 23.1 Å². The van der Waals surface area contributed by atoms with Crippen LogP contribution in [0.3, 0.4) is 0 Å². The molecule has 0 spiro atoms. The van der Waals surface area contributed by atoms with Gasteiger partial charge in [-0.05, 0) is 48.7 Å². The van der Waals surface area contributed by atoms with Crippen LogP contribution in [0.1, 0.15) is 36.6 Å². The molecule has 5 rings (SSSR count). The van der Waals surface area contributed by atoms with Crippen molar-refractivity contribution in [3.8, 4) is 28.8 Å². The molecule has 1 amide bonds. The summed E-state index contributed by atoms with van der Waals surface area (Å²) in [4.78, 5) is 38.7. The summed E-state index contributed by atoms with van der Waals surface area (Å²) in [6, 6.07) is 7.03. The van der Waals surface area contributed by atoms with Gasteiger partial charge in [-0.3, -0.25) is 19.1 Å². The van der Waals surface area contributed by atoms with Crippen LogP contribution < -0.4 is 10.5 Å². The third kappa shape index (κ3) is 4.97. The van der Waals surface area contributed by atoms with Crippen molar-refractivity contribution in [2.75, 3.05) is 31.1 Å². The molecule has 1 aromatic carbocycles. The minimum atomic E-state index is -1.08. The summed E-state index contributed by atoms with van der Waals surface area (Å²) in [5.41, 5.74) is -0.516. The van der Waals surface area contributed by atoms with E-state index in [1.165, 1.54) is 10.6 Å². The van der Waals surface area contributed by atoms with E-state index in [1.54, 1.807) is 29.0 Å². The Kier molecular flexibility index (Phi) is 7.90. The van der Waals surface area contributed by atoms with Crippen molar-refractivity contribution in [1.82, 2.24) is 19.4 Å². The number of anilines is 1. The zero-order valence-electron chi connectivity index (χ0n) is 23.7. The Morgan fingerprint density at radius 1 is 1.19 bits per heavy atom. The summed E-state index contributed by atoms with van der Waals surface area (Å²) in [6.07, 6.45) is 2.81. The van der Waals surface area contributed by atoms with Gasteiger partial charge in [-0.2, -0.15) is 5.26 Å². The van der Waals surface area contributed by atoms with E-state index in [9.17, 15) is 20.0 Å². The Morgan fingerprint density at radius 2 is 1.88 bits per heavy atom. The molecule has 1 N–H and O–H groups in total. The Balaban J connectivity index is 1.90. The van der Waals surface area contributed by atoms with Gasteiger partial charge in [0.2, 0.25) is 5.91 Å². The maximum atomic E-state index is 16.0. The van der Waals surface area contributed by atoms with E-state index >= 15 is 8.78 Å². The van der Waals surface area contributed by atoms with Crippen LogP contribution in [0, 0.1) is 29.9 Å². The predicted molar refractivity (Wildman–Crippen MR) is 160 cm³/mol. The number of hydrogen-bond donors (Lipinski definition) is 1. The number of halogens is 3. The molecule has 1 saturated heterocycles. The van der Waals surface area contributed by atoms with Gasteiger partial charge in [-0.25, -0.2) is 13.8 Å². The van der Waals surface area contributed by atoms with Crippen molar-refractivity contribution in [3.05, 3.63) is 86.9 Å². The zero-order chi connectivity index (χ0) is 31.2. The highest BCUT2D eigenvalue weighted by atomic mass is 35.5. The number of fused-ring (bicyclic) bond motifs is 1. The second kappa shape index (κ2) is 11.5. The topological polar surface area (TPSA) is 115 Å². The quantitative estimate of drug-likeness (QED) is 0.310. The standard InChI is InChI=1S/C31H27ClF2N6O3/c1-5-23(42)38-10-12-39(13-11-38)29-18-14-21(33)27(24-22(41)7-6-20(32)25(24)34)37-30(18)40(31(43)19(29)15-35)28-17(4)8-9-36-26(28)16(2)3/h5-9,14,16,41H,1,10-13H2,2-4H3. The van der Waals surface area contributed by atoms with Gasteiger partial charge in [0.05, 0.1) is 27.7 Å². The average molecular weight is 605 g/mol. The normalized spacial score (nSPS) is 13.4. The van der Waals surface area contributed by atoms with Crippen LogP contribution in [0.15, 0.2) is 47.9 Å². The van der Waals surface area contributed by atoms with Gasteiger partial charge in [0.15, 0.2) is 17.3 Å². The highest BCUT2D eigenvalue weighted by molar-refractivity contribution is 6.31. The van der Waals surface area contributed by atoms with Crippen molar-refractivity contribution in [2.45, 2.75) is 26.7 Å². The van der Waals surface area contributed by atoms with Gasteiger partial charge in [0.25, 0.3) is 5.56 Å². The van der Waals surface area contributed by atoms with Crippen LogP contribution in [0.5, 0.6) is 5.75 Å². The first kappa shape index (κ1) is 29.7. The molecule has 43 heavy (non-hydrogen) atoms. The van der Waals surface area contributed by atoms with Gasteiger partial charge >= 0.3 is 0 Å². The molecular formula is C31H27ClF2N6O3. The lowest BCUT2D eigenvalue weighted by atomic mass is 10.0. The molecule has 0 atom stereocenters. The number of nitriles is 1. The van der Waals surface area contributed by atoms with Crippen LogP contribution in [-0.4, -0.2) is 56.6 Å². The molecule has 12 heteroatoms. The first-order valence-corrected chi connectivity index (χ1v) is 13.9. The molecule has 3 aromatic heterocycles. The summed E-state index contributed by atoms with van der Waals surface area (Å²) in [5.74, 6) is -3.11. The maximum Gasteiger partial charge on any atom is 0.276 e. The summed E-state index contributed by atoms with van der Waals surface area (Å²) in [6.45, 7) is 10.1. The van der Waals surface area contributed by atoms with Crippen LogP contribution >= 0.6 is 11.6 Å². The number of carbonyl (C=O) groups is 1. The number of phenols is 1. The third-order valence-electron chi connectivity index (χ3n) is 7.50. The van der Waals surface area contributed by atoms with Gasteiger partial charge < -0.3 is 14.9 Å². The van der Waals surface area contributed by atoms with E-state index in [1.807, 2.05) is 19.9 Å². The molecule has 9 nitrogen and oxygen atoms in total. The highest BCUT2D eigenvalue weighted by Gasteiger charge is 2.30. The predicted octanol–water partition coefficient (Wildman–Crippen LogP) is 5.22. The first-order chi connectivity index (χ1) is 20.5. The second-order valence-corrected chi connectivity index (χ2v) is 10.9. The molecule has 1 aliphatic heterocycles. The van der Waals surface area contributed by atoms with Crippen molar-refractivity contribution < 1.29 is 18.7 Å². The summed E-state index contributed by atoms with van der Waals surface area (Å²) in [5, 5.41) is 20.6. The summed E-state index contributed by atoms with van der Waals surface area (Å²) >= 11 is 5.97. The first-order valence-electron chi connectivity index (χ1n) is 13.5. The lowest BCUT2D eigenvalue weighted by Crippen LogP contribution is -2.49. The number of rotatable bonds is 5. The number of carbonyl (C=O) groups excluding carboxylic acids is 1. The van der Waals surface area contributed by atoms with Crippen molar-refractivity contribution in [3.63, 3.8) is 0 Å². The fourth-order valence-corrected chi connectivity index (χ4v) is 5.57. The molecule has 0 radical (unpaired) electrons. The Morgan fingerprint density at radius 3 is 2.51 bits per heavy atom. The second-order valence-electron chi connectivity index (χ2n) is 10.5. The number of pyridine rings is 3. The number of amides is 1. The fourth-order valence-electron chi connectivity index (χ4n) is 5.41. The highest BCUT2D eigenvalue weighted by Crippen LogP contribution is 2.39. The average Bonchev–Trinajstić information content (AvgIpc) is 2.99. The van der Waals surface area contributed by atoms with E-state index in [0.29, 0.717) is 16.9 Å². The van der Waals surface area contributed by atoms with Crippen LogP contribution in [0.25, 0.3) is 28.0 Å². The molecule has 1 fully saturated rings. The Labute approximate surface area is 250 Å². The van der Waals surface area contributed by atoms with E-state index in [0.717, 1.165) is 18.2 Å². The third-order valence-corrected chi connectivity index (χ3v) is 7.80. The number of piperazine rings is 1. The number of aromatic nitrogens is 3. The number of nitrogens with zero attached hydrogens (tertiary/aromatic N) is 6. The lowest BCUT2D eigenvalue weighted by molar-refractivity contribution is -0.126. The maximum absolute atomic E-state index is 16.0. The zero-order valence-corrected chi connectivity index (χ0v) is 24.4. The Bertz CT molecular complexity index is 1910. The van der Waals surface area contributed by atoms with Gasteiger partial charge in [-0.1, -0.05) is 32.0 Å². The van der Waals surface area contributed by atoms with Crippen LogP contribution in [0.2, 0.25) is 5.02 Å². The van der Waals surface area contributed by atoms with E-state index in [4.69, 9.17) is 11.6 Å². The number of aromatic hydroxyl groups is 1. The summed E-state index contributed by atoms with van der Waals surface area (Å²) < 4.78 is 32.4. The van der Waals surface area contributed by atoms with Gasteiger partial charge in [-0.15, -0.1) is 0 Å². The lowest BCUT2D eigenvalue weighted by Gasteiger charge is -2.36. The molecule has 0 aliphatic carbocycles. The van der Waals surface area contributed by atoms with E-state index < -0.39 is 34.2 Å². The molecule has 0 bridgehead atoms. The SMILES string of the molecule is C=CC(=O)N1CCN(c2c(C#N)c(=O)n(-c3c(C)ccnc3C(C)C)c3nc(-c4c(O)ccc(Cl)c4F)c(F)cc23)CC1.